The fourth-order valence-electron chi connectivity index (χ4n) is 1.96. The molecule has 23 heavy (non-hydrogen) atoms. The summed E-state index contributed by atoms with van der Waals surface area (Å²) in [6, 6.07) is 3.59. The maximum atomic E-state index is 10.5. The molecule has 0 fully saturated rings. The summed E-state index contributed by atoms with van der Waals surface area (Å²) in [6.07, 6.45) is 0. The van der Waals surface area contributed by atoms with Gasteiger partial charge in [0.2, 0.25) is 5.89 Å². The van der Waals surface area contributed by atoms with Gasteiger partial charge in [0.05, 0.1) is 6.54 Å². The zero-order valence-electron chi connectivity index (χ0n) is 13.9. The van der Waals surface area contributed by atoms with Gasteiger partial charge in [0, 0.05) is 13.5 Å². The average molecular weight is 321 g/mol. The Labute approximate surface area is 135 Å². The predicted molar refractivity (Wildman–Crippen MR) is 84.9 cm³/mol. The quantitative estimate of drug-likeness (QED) is 0.542. The van der Waals surface area contributed by atoms with E-state index in [-0.39, 0.29) is 13.1 Å². The maximum Gasteiger partial charge on any atom is 0.223 e. The van der Waals surface area contributed by atoms with Gasteiger partial charge in [-0.3, -0.25) is 0 Å². The van der Waals surface area contributed by atoms with Gasteiger partial charge in [-0.25, -0.2) is 4.99 Å². The van der Waals surface area contributed by atoms with E-state index in [1.165, 1.54) is 0 Å². The number of hydrogen-bond acceptors (Lipinski definition) is 6. The van der Waals surface area contributed by atoms with E-state index in [9.17, 15) is 5.11 Å². The predicted octanol–water partition coefficient (Wildman–Crippen LogP) is 1.24. The molecule has 0 amide bonds. The van der Waals surface area contributed by atoms with Crippen molar-refractivity contribution in [1.82, 2.24) is 20.8 Å². The minimum absolute atomic E-state index is 0.247. The van der Waals surface area contributed by atoms with Gasteiger partial charge in [0.25, 0.3) is 0 Å². The molecule has 2 aromatic heterocycles. The lowest BCUT2D eigenvalue weighted by atomic mass is 10.0. The summed E-state index contributed by atoms with van der Waals surface area (Å²) in [5.41, 5.74) is -1.15. The second kappa shape index (κ2) is 7.28. The van der Waals surface area contributed by atoms with E-state index >= 15 is 0 Å². The van der Waals surface area contributed by atoms with Crippen molar-refractivity contribution in [2.24, 2.45) is 4.99 Å². The van der Waals surface area contributed by atoms with Crippen molar-refractivity contribution in [2.45, 2.75) is 39.8 Å². The smallest absolute Gasteiger partial charge is 0.223 e. The van der Waals surface area contributed by atoms with E-state index in [4.69, 9.17) is 8.94 Å². The lowest BCUT2D eigenvalue weighted by Gasteiger charge is -2.22. The van der Waals surface area contributed by atoms with Crippen LogP contribution >= 0.6 is 0 Å². The Hall–Kier alpha value is -2.35. The Bertz CT molecular complexity index is 660. The third kappa shape index (κ3) is 4.82. The third-order valence-electron chi connectivity index (χ3n) is 3.16. The molecule has 1 atom stereocenters. The lowest BCUT2D eigenvalue weighted by molar-refractivity contribution is 0.0378. The van der Waals surface area contributed by atoms with Gasteiger partial charge >= 0.3 is 0 Å². The summed E-state index contributed by atoms with van der Waals surface area (Å²) >= 11 is 0. The van der Waals surface area contributed by atoms with Gasteiger partial charge in [-0.15, -0.1) is 0 Å². The minimum atomic E-state index is -1.15. The van der Waals surface area contributed by atoms with Crippen LogP contribution in [0.3, 0.4) is 0 Å². The van der Waals surface area contributed by atoms with Crippen LogP contribution in [0.4, 0.5) is 0 Å². The minimum Gasteiger partial charge on any atom is -0.463 e. The molecule has 126 valence electrons. The van der Waals surface area contributed by atoms with E-state index in [0.717, 1.165) is 5.76 Å². The molecule has 0 aliphatic rings. The molecule has 0 radical (unpaired) electrons. The fourth-order valence-corrected chi connectivity index (χ4v) is 1.96. The van der Waals surface area contributed by atoms with Crippen LogP contribution in [0.1, 0.15) is 37.1 Å². The topological polar surface area (TPSA) is 109 Å². The Morgan fingerprint density at radius 3 is 2.70 bits per heavy atom. The van der Waals surface area contributed by atoms with Crippen molar-refractivity contribution in [3.8, 4) is 0 Å². The molecule has 8 heteroatoms. The number of aliphatic imine (C=N–C) groups is 1. The number of aliphatic hydroxyl groups is 1. The summed E-state index contributed by atoms with van der Waals surface area (Å²) in [5.74, 6) is 2.83. The number of guanidine groups is 1. The van der Waals surface area contributed by atoms with Crippen LogP contribution in [0.25, 0.3) is 0 Å². The van der Waals surface area contributed by atoms with E-state index in [2.05, 4.69) is 25.8 Å². The zero-order valence-corrected chi connectivity index (χ0v) is 13.9. The standard InChI is InChI=1S/C15H23N5O3/c1-5-16-14(17-8-13-19-11(3)23-20-13)18-9-15(4,21)12-7-6-10(2)22-12/h6-7,21H,5,8-9H2,1-4H3,(H2,16,17,18). The Kier molecular flexibility index (Phi) is 5.38. The summed E-state index contributed by atoms with van der Waals surface area (Å²) in [6.45, 7) is 8.44. The Balaban J connectivity index is 1.98. The fraction of sp³-hybridized carbons (Fsp3) is 0.533. The first-order valence-electron chi connectivity index (χ1n) is 7.51. The van der Waals surface area contributed by atoms with E-state index in [1.54, 1.807) is 19.9 Å². The van der Waals surface area contributed by atoms with Crippen LogP contribution in [-0.4, -0.2) is 34.3 Å². The molecule has 0 spiro atoms. The van der Waals surface area contributed by atoms with Crippen molar-refractivity contribution in [1.29, 1.82) is 0 Å². The normalized spacial score (nSPS) is 14.6. The third-order valence-corrected chi connectivity index (χ3v) is 3.16. The van der Waals surface area contributed by atoms with E-state index in [0.29, 0.717) is 30.0 Å². The van der Waals surface area contributed by atoms with Crippen molar-refractivity contribution in [2.75, 3.05) is 13.1 Å². The molecule has 3 N–H and O–H groups in total. The SMILES string of the molecule is CCNC(=NCc1noc(C)n1)NCC(C)(O)c1ccc(C)o1. The van der Waals surface area contributed by atoms with Crippen LogP contribution in [0.2, 0.25) is 0 Å². The zero-order chi connectivity index (χ0) is 16.9. The molecule has 0 saturated heterocycles. The molecule has 0 aliphatic carbocycles. The number of hydrogen-bond donors (Lipinski definition) is 3. The van der Waals surface area contributed by atoms with Gasteiger partial charge in [0.15, 0.2) is 11.8 Å². The molecular formula is C15H23N5O3. The van der Waals surface area contributed by atoms with Crippen LogP contribution in [0.5, 0.6) is 0 Å². The summed E-state index contributed by atoms with van der Waals surface area (Å²) in [7, 11) is 0. The van der Waals surface area contributed by atoms with Gasteiger partial charge in [-0.05, 0) is 32.9 Å². The molecule has 2 heterocycles. The highest BCUT2D eigenvalue weighted by Crippen LogP contribution is 2.21. The lowest BCUT2D eigenvalue weighted by Crippen LogP contribution is -2.44. The van der Waals surface area contributed by atoms with Crippen LogP contribution in [0.15, 0.2) is 26.1 Å². The first-order chi connectivity index (χ1) is 10.9. The van der Waals surface area contributed by atoms with Crippen LogP contribution in [0, 0.1) is 13.8 Å². The molecular weight excluding hydrogens is 298 g/mol. The number of aryl methyl sites for hydroxylation is 2. The Morgan fingerprint density at radius 2 is 2.13 bits per heavy atom. The molecule has 0 bridgehead atoms. The number of furan rings is 1. The molecule has 0 aromatic carbocycles. The van der Waals surface area contributed by atoms with Gasteiger partial charge in [-0.2, -0.15) is 4.98 Å². The maximum absolute atomic E-state index is 10.5. The highest BCUT2D eigenvalue weighted by atomic mass is 16.5. The molecule has 8 nitrogen and oxygen atoms in total. The van der Waals surface area contributed by atoms with Crippen molar-refractivity contribution in [3.63, 3.8) is 0 Å². The number of aromatic nitrogens is 2. The molecule has 2 rings (SSSR count). The molecule has 2 aromatic rings. The number of nitrogens with one attached hydrogen (secondary N) is 2. The highest BCUT2D eigenvalue weighted by Gasteiger charge is 2.27. The largest absolute Gasteiger partial charge is 0.463 e. The summed E-state index contributed by atoms with van der Waals surface area (Å²) in [5, 5.41) is 20.5. The van der Waals surface area contributed by atoms with Crippen LogP contribution in [-0.2, 0) is 12.1 Å². The second-order valence-corrected chi connectivity index (χ2v) is 5.46. The monoisotopic (exact) mass is 321 g/mol. The van der Waals surface area contributed by atoms with Gasteiger partial charge in [-0.1, -0.05) is 5.16 Å². The second-order valence-electron chi connectivity index (χ2n) is 5.46. The first-order valence-corrected chi connectivity index (χ1v) is 7.51. The Morgan fingerprint density at radius 1 is 1.35 bits per heavy atom. The number of rotatable bonds is 6. The van der Waals surface area contributed by atoms with Crippen molar-refractivity contribution in [3.05, 3.63) is 35.4 Å². The van der Waals surface area contributed by atoms with Crippen LogP contribution < -0.4 is 10.6 Å². The molecule has 0 saturated carbocycles. The molecule has 1 unspecified atom stereocenters. The van der Waals surface area contributed by atoms with E-state index < -0.39 is 5.60 Å². The van der Waals surface area contributed by atoms with E-state index in [1.807, 2.05) is 19.9 Å². The average Bonchev–Trinajstić information content (AvgIpc) is 3.11. The van der Waals surface area contributed by atoms with Gasteiger partial charge < -0.3 is 24.7 Å². The number of nitrogens with zero attached hydrogens (tertiary/aromatic N) is 3. The molecule has 0 aliphatic heterocycles. The summed E-state index contributed by atoms with van der Waals surface area (Å²) in [4.78, 5) is 8.46. The van der Waals surface area contributed by atoms with Crippen molar-refractivity contribution < 1.29 is 14.0 Å². The highest BCUT2D eigenvalue weighted by molar-refractivity contribution is 5.79. The first kappa shape index (κ1) is 17.0. The van der Waals surface area contributed by atoms with Crippen molar-refractivity contribution >= 4 is 5.96 Å². The van der Waals surface area contributed by atoms with Gasteiger partial charge in [0.1, 0.15) is 23.7 Å². The summed E-state index contributed by atoms with van der Waals surface area (Å²) < 4.78 is 10.4.